The maximum absolute atomic E-state index is 11.9. The highest BCUT2D eigenvalue weighted by Gasteiger charge is 2.32. The first-order valence-corrected chi connectivity index (χ1v) is 6.22. The summed E-state index contributed by atoms with van der Waals surface area (Å²) >= 11 is 0. The predicted molar refractivity (Wildman–Crippen MR) is 67.2 cm³/mol. The lowest BCUT2D eigenvalue weighted by Crippen LogP contribution is -2.41. The molecule has 0 aromatic heterocycles. The first-order valence-electron chi connectivity index (χ1n) is 6.22. The van der Waals surface area contributed by atoms with Crippen LogP contribution in [-0.4, -0.2) is 29.9 Å². The number of likely N-dealkylation sites (tertiary alicyclic amines) is 1. The zero-order chi connectivity index (χ0) is 13.0. The molecule has 0 N–H and O–H groups in total. The summed E-state index contributed by atoms with van der Waals surface area (Å²) in [7, 11) is 0. The molecule has 1 atom stereocenters. The molecule has 0 unspecified atom stereocenters. The van der Waals surface area contributed by atoms with E-state index < -0.39 is 0 Å². The van der Waals surface area contributed by atoms with Crippen molar-refractivity contribution in [3.8, 4) is 0 Å². The molecule has 1 aliphatic heterocycles. The van der Waals surface area contributed by atoms with E-state index >= 15 is 0 Å². The molecule has 0 bridgehead atoms. The summed E-state index contributed by atoms with van der Waals surface area (Å²) in [6.45, 7) is 2.58. The van der Waals surface area contributed by atoms with E-state index in [1.54, 1.807) is 11.8 Å². The van der Waals surface area contributed by atoms with E-state index in [1.165, 1.54) is 0 Å². The van der Waals surface area contributed by atoms with Crippen molar-refractivity contribution in [3.05, 3.63) is 35.9 Å². The minimum atomic E-state index is -0.334. The number of rotatable bonds is 2. The topological polar surface area (TPSA) is 46.6 Å². The highest BCUT2D eigenvalue weighted by atomic mass is 16.6. The van der Waals surface area contributed by atoms with Crippen LogP contribution in [0.1, 0.15) is 31.4 Å². The van der Waals surface area contributed by atoms with Crippen molar-refractivity contribution in [2.75, 3.05) is 13.2 Å². The Kier molecular flexibility index (Phi) is 3.97. The number of piperidine rings is 1. The van der Waals surface area contributed by atoms with Crippen LogP contribution in [0, 0.1) is 0 Å². The average Bonchev–Trinajstić information content (AvgIpc) is 2.40. The zero-order valence-electron chi connectivity index (χ0n) is 10.5. The summed E-state index contributed by atoms with van der Waals surface area (Å²) in [6, 6.07) is 9.44. The van der Waals surface area contributed by atoms with Gasteiger partial charge >= 0.3 is 6.09 Å². The average molecular weight is 247 g/mol. The molecule has 0 saturated carbocycles. The van der Waals surface area contributed by atoms with Gasteiger partial charge in [-0.15, -0.1) is 0 Å². The summed E-state index contributed by atoms with van der Waals surface area (Å²) in [5.41, 5.74) is 0.985. The molecule has 1 aliphatic rings. The van der Waals surface area contributed by atoms with Gasteiger partial charge in [-0.05, 0) is 12.5 Å². The number of benzene rings is 1. The summed E-state index contributed by atoms with van der Waals surface area (Å²) in [6.07, 6.45) is 0.462. The van der Waals surface area contributed by atoms with Crippen molar-refractivity contribution in [2.45, 2.75) is 25.8 Å². The van der Waals surface area contributed by atoms with Gasteiger partial charge < -0.3 is 9.64 Å². The molecule has 0 aliphatic carbocycles. The number of ketones is 1. The lowest BCUT2D eigenvalue weighted by Gasteiger charge is -2.34. The Bertz CT molecular complexity index is 430. The van der Waals surface area contributed by atoms with E-state index in [9.17, 15) is 9.59 Å². The molecule has 0 spiro atoms. The summed E-state index contributed by atoms with van der Waals surface area (Å²) < 4.78 is 5.04. The van der Waals surface area contributed by atoms with Crippen LogP contribution in [0.4, 0.5) is 4.79 Å². The number of ether oxygens (including phenoxy) is 1. The minimum Gasteiger partial charge on any atom is -0.450 e. The fourth-order valence-electron chi connectivity index (χ4n) is 2.23. The van der Waals surface area contributed by atoms with E-state index in [1.807, 2.05) is 30.3 Å². The predicted octanol–water partition coefficient (Wildman–Crippen LogP) is 2.55. The normalized spacial score (nSPS) is 19.7. The van der Waals surface area contributed by atoms with Crippen LogP contribution in [0.5, 0.6) is 0 Å². The van der Waals surface area contributed by atoms with Gasteiger partial charge in [0.25, 0.3) is 0 Å². The third kappa shape index (κ3) is 2.70. The SMILES string of the molecule is CCOC(=O)N1CCC(=O)C[C@@H]1c1ccccc1. The maximum atomic E-state index is 11.9. The molecular formula is C14H17NO3. The molecule has 1 aromatic rings. The molecule has 1 aromatic carbocycles. The van der Waals surface area contributed by atoms with Gasteiger partial charge in [-0.2, -0.15) is 0 Å². The van der Waals surface area contributed by atoms with Crippen LogP contribution < -0.4 is 0 Å². The largest absolute Gasteiger partial charge is 0.450 e. The number of Topliss-reactive ketones (excluding diaryl/α,β-unsaturated/α-hetero) is 1. The van der Waals surface area contributed by atoms with Crippen LogP contribution in [-0.2, 0) is 9.53 Å². The molecule has 1 amide bonds. The molecule has 1 saturated heterocycles. The lowest BCUT2D eigenvalue weighted by atomic mass is 9.95. The van der Waals surface area contributed by atoms with Gasteiger partial charge in [0, 0.05) is 19.4 Å². The molecule has 2 rings (SSSR count). The first-order chi connectivity index (χ1) is 8.72. The van der Waals surface area contributed by atoms with Crippen LogP contribution >= 0.6 is 0 Å². The van der Waals surface area contributed by atoms with Crippen molar-refractivity contribution in [3.63, 3.8) is 0 Å². The lowest BCUT2D eigenvalue weighted by molar-refractivity contribution is -0.122. The van der Waals surface area contributed by atoms with Gasteiger partial charge in [0.05, 0.1) is 12.6 Å². The van der Waals surface area contributed by atoms with E-state index in [4.69, 9.17) is 4.74 Å². The Hall–Kier alpha value is -1.84. The Balaban J connectivity index is 2.21. The first kappa shape index (κ1) is 12.6. The number of carbonyl (C=O) groups is 2. The van der Waals surface area contributed by atoms with Gasteiger partial charge in [-0.1, -0.05) is 30.3 Å². The highest BCUT2D eigenvalue weighted by Crippen LogP contribution is 2.29. The molecule has 1 fully saturated rings. The van der Waals surface area contributed by atoms with Crippen molar-refractivity contribution < 1.29 is 14.3 Å². The van der Waals surface area contributed by atoms with Crippen molar-refractivity contribution in [1.82, 2.24) is 4.90 Å². The number of amides is 1. The van der Waals surface area contributed by atoms with Crippen molar-refractivity contribution in [2.24, 2.45) is 0 Å². The molecule has 96 valence electrons. The van der Waals surface area contributed by atoms with Crippen LogP contribution in [0.2, 0.25) is 0 Å². The second-order valence-corrected chi connectivity index (χ2v) is 4.31. The fraction of sp³-hybridized carbons (Fsp3) is 0.429. The molecular weight excluding hydrogens is 230 g/mol. The van der Waals surface area contributed by atoms with E-state index in [0.717, 1.165) is 5.56 Å². The Morgan fingerprint density at radius 2 is 2.11 bits per heavy atom. The minimum absolute atomic E-state index is 0.188. The second-order valence-electron chi connectivity index (χ2n) is 4.31. The standard InChI is InChI=1S/C14H17NO3/c1-2-18-14(17)15-9-8-12(16)10-13(15)11-6-4-3-5-7-11/h3-7,13H,2,8-10H2,1H3/t13-/m1/s1. The quantitative estimate of drug-likeness (QED) is 0.806. The highest BCUT2D eigenvalue weighted by molar-refractivity contribution is 5.82. The molecule has 18 heavy (non-hydrogen) atoms. The van der Waals surface area contributed by atoms with Gasteiger partial charge in [0.15, 0.2) is 0 Å². The fourth-order valence-corrected chi connectivity index (χ4v) is 2.23. The number of hydrogen-bond donors (Lipinski definition) is 0. The monoisotopic (exact) mass is 247 g/mol. The van der Waals surface area contributed by atoms with Gasteiger partial charge in [-0.25, -0.2) is 4.79 Å². The van der Waals surface area contributed by atoms with Crippen LogP contribution in [0.3, 0.4) is 0 Å². The van der Waals surface area contributed by atoms with E-state index in [0.29, 0.717) is 26.0 Å². The molecule has 4 heteroatoms. The van der Waals surface area contributed by atoms with E-state index in [2.05, 4.69) is 0 Å². The number of nitrogens with zero attached hydrogens (tertiary/aromatic N) is 1. The Morgan fingerprint density at radius 1 is 1.39 bits per heavy atom. The van der Waals surface area contributed by atoms with Gasteiger partial charge in [0.2, 0.25) is 0 Å². The maximum Gasteiger partial charge on any atom is 0.410 e. The van der Waals surface area contributed by atoms with Gasteiger partial charge in [0.1, 0.15) is 5.78 Å². The van der Waals surface area contributed by atoms with E-state index in [-0.39, 0.29) is 17.9 Å². The van der Waals surface area contributed by atoms with Crippen LogP contribution in [0.25, 0.3) is 0 Å². The molecule has 0 radical (unpaired) electrons. The summed E-state index contributed by atoms with van der Waals surface area (Å²) in [5.74, 6) is 0.199. The van der Waals surface area contributed by atoms with Crippen molar-refractivity contribution >= 4 is 11.9 Å². The summed E-state index contributed by atoms with van der Waals surface area (Å²) in [4.78, 5) is 25.1. The third-order valence-electron chi connectivity index (χ3n) is 3.12. The second kappa shape index (κ2) is 5.67. The number of carbonyl (C=O) groups excluding carboxylic acids is 2. The smallest absolute Gasteiger partial charge is 0.410 e. The van der Waals surface area contributed by atoms with Gasteiger partial charge in [-0.3, -0.25) is 4.79 Å². The Morgan fingerprint density at radius 3 is 2.78 bits per heavy atom. The third-order valence-corrected chi connectivity index (χ3v) is 3.12. The molecule has 1 heterocycles. The zero-order valence-corrected chi connectivity index (χ0v) is 10.5. The summed E-state index contributed by atoms with van der Waals surface area (Å²) in [5, 5.41) is 0. The Labute approximate surface area is 107 Å². The number of hydrogen-bond acceptors (Lipinski definition) is 3. The molecule has 4 nitrogen and oxygen atoms in total. The van der Waals surface area contributed by atoms with Crippen LogP contribution in [0.15, 0.2) is 30.3 Å². The van der Waals surface area contributed by atoms with Crippen molar-refractivity contribution in [1.29, 1.82) is 0 Å².